The Labute approximate surface area is 128 Å². The molecule has 20 heavy (non-hydrogen) atoms. The van der Waals surface area contributed by atoms with Gasteiger partial charge in [0.2, 0.25) is 0 Å². The van der Waals surface area contributed by atoms with Gasteiger partial charge in [0.05, 0.1) is 12.2 Å². The van der Waals surface area contributed by atoms with Crippen molar-refractivity contribution in [1.29, 1.82) is 0 Å². The summed E-state index contributed by atoms with van der Waals surface area (Å²) in [6, 6.07) is 0. The van der Waals surface area contributed by atoms with Gasteiger partial charge in [-0.2, -0.15) is 0 Å². The molecule has 2 atom stereocenters. The van der Waals surface area contributed by atoms with E-state index in [0.717, 1.165) is 12.8 Å². The quantitative estimate of drug-likeness (QED) is 0.635. The molecule has 0 aliphatic rings. The van der Waals surface area contributed by atoms with Crippen molar-refractivity contribution in [3.8, 4) is 0 Å². The Morgan fingerprint density at radius 3 is 1.70 bits per heavy atom. The van der Waals surface area contributed by atoms with E-state index in [9.17, 15) is 10.2 Å². The first-order chi connectivity index (χ1) is 8.82. The monoisotopic (exact) mass is 338 g/mol. The molecular formula is C13H34O4Si3. The van der Waals surface area contributed by atoms with Gasteiger partial charge >= 0.3 is 9.28 Å². The summed E-state index contributed by atoms with van der Waals surface area (Å²) in [4.78, 5) is 0. The molecule has 0 aromatic rings. The first-order valence-electron chi connectivity index (χ1n) is 7.51. The first kappa shape index (κ1) is 20.5. The summed E-state index contributed by atoms with van der Waals surface area (Å²) < 4.78 is 12.7. The summed E-state index contributed by atoms with van der Waals surface area (Å²) in [7, 11) is -5.52. The lowest BCUT2D eigenvalue weighted by atomic mass is 9.99. The minimum Gasteiger partial charge on any atom is -0.439 e. The molecule has 0 aliphatic heterocycles. The average Bonchev–Trinajstić information content (AvgIpc) is 2.20. The molecule has 0 radical (unpaired) electrons. The maximum absolute atomic E-state index is 10.5. The molecule has 122 valence electrons. The van der Waals surface area contributed by atoms with Crippen LogP contribution in [-0.4, -0.2) is 48.3 Å². The molecule has 0 aromatic carbocycles. The summed E-state index contributed by atoms with van der Waals surface area (Å²) in [6.07, 6.45) is 1.79. The third-order valence-electron chi connectivity index (χ3n) is 2.99. The molecule has 2 unspecified atom stereocenters. The lowest BCUT2D eigenvalue weighted by Crippen LogP contribution is -2.52. The minimum atomic E-state index is -2.05. The van der Waals surface area contributed by atoms with Crippen molar-refractivity contribution in [3.05, 3.63) is 0 Å². The van der Waals surface area contributed by atoms with Gasteiger partial charge in [-0.15, -0.1) is 0 Å². The average molecular weight is 339 g/mol. The molecule has 0 rings (SSSR count). The van der Waals surface area contributed by atoms with E-state index in [-0.39, 0.29) is 12.1 Å². The lowest BCUT2D eigenvalue weighted by molar-refractivity contribution is -0.0127. The molecule has 0 amide bonds. The van der Waals surface area contributed by atoms with Gasteiger partial charge in [0.25, 0.3) is 0 Å². The van der Waals surface area contributed by atoms with E-state index in [0.29, 0.717) is 0 Å². The number of rotatable bonds is 9. The van der Waals surface area contributed by atoms with Crippen molar-refractivity contribution in [2.75, 3.05) is 6.61 Å². The fraction of sp³-hybridized carbons (Fsp3) is 1.00. The Bertz CT molecular complexity index is 268. The molecule has 2 N–H and O–H groups in total. The highest BCUT2D eigenvalue weighted by atomic mass is 28.4. The van der Waals surface area contributed by atoms with Crippen LogP contribution in [0, 0.1) is 0 Å². The van der Waals surface area contributed by atoms with Crippen LogP contribution in [0.3, 0.4) is 0 Å². The summed E-state index contributed by atoms with van der Waals surface area (Å²) in [5.74, 6) is 0. The molecule has 0 aromatic heterocycles. The SMILES string of the molecule is CCCC([SiH](O[Si](C)(C)C)O[Si](C)(C)C)C(C)(O)CO. The molecule has 7 heteroatoms. The summed E-state index contributed by atoms with van der Waals surface area (Å²) in [6.45, 7) is 16.5. The smallest absolute Gasteiger partial charge is 0.307 e. The van der Waals surface area contributed by atoms with Crippen LogP contribution in [-0.2, 0) is 8.23 Å². The van der Waals surface area contributed by atoms with Crippen molar-refractivity contribution in [1.82, 2.24) is 0 Å². The maximum Gasteiger partial charge on any atom is 0.307 e. The van der Waals surface area contributed by atoms with Crippen molar-refractivity contribution < 1.29 is 18.4 Å². The van der Waals surface area contributed by atoms with Gasteiger partial charge in [-0.3, -0.25) is 0 Å². The zero-order valence-electron chi connectivity index (χ0n) is 14.5. The lowest BCUT2D eigenvalue weighted by Gasteiger charge is -2.40. The Kier molecular flexibility index (Phi) is 7.85. The summed E-state index contributed by atoms with van der Waals surface area (Å²) in [5, 5.41) is 20.1. The third kappa shape index (κ3) is 8.06. The molecule has 0 aliphatic carbocycles. The summed E-state index contributed by atoms with van der Waals surface area (Å²) >= 11 is 0. The van der Waals surface area contributed by atoms with Gasteiger partial charge in [-0.25, -0.2) is 0 Å². The van der Waals surface area contributed by atoms with Gasteiger partial charge in [-0.1, -0.05) is 13.3 Å². The molecule has 4 nitrogen and oxygen atoms in total. The standard InChI is InChI=1S/C13H34O4Si3/c1-9-10-12(13(2,15)11-14)18(16-19(3,4)5)17-20(6,7)8/h12,14-15,18H,9-11H2,1-8H3. The van der Waals surface area contributed by atoms with E-state index in [1.165, 1.54) is 0 Å². The van der Waals surface area contributed by atoms with Gasteiger partial charge in [0.15, 0.2) is 16.6 Å². The minimum absolute atomic E-state index is 0.0732. The molecular weight excluding hydrogens is 304 g/mol. The Morgan fingerprint density at radius 2 is 1.45 bits per heavy atom. The van der Waals surface area contributed by atoms with Crippen LogP contribution in [0.1, 0.15) is 26.7 Å². The van der Waals surface area contributed by atoms with Gasteiger partial charge < -0.3 is 18.4 Å². The van der Waals surface area contributed by atoms with Crippen LogP contribution in [0.4, 0.5) is 0 Å². The van der Waals surface area contributed by atoms with E-state index in [4.69, 9.17) is 8.23 Å². The predicted octanol–water partition coefficient (Wildman–Crippen LogP) is 2.82. The Morgan fingerprint density at radius 1 is 1.05 bits per heavy atom. The van der Waals surface area contributed by atoms with Crippen LogP contribution >= 0.6 is 0 Å². The van der Waals surface area contributed by atoms with Crippen LogP contribution in [0.2, 0.25) is 44.8 Å². The van der Waals surface area contributed by atoms with Gasteiger partial charge in [0.1, 0.15) is 0 Å². The van der Waals surface area contributed by atoms with Crippen molar-refractivity contribution in [3.63, 3.8) is 0 Å². The zero-order chi connectivity index (χ0) is 16.2. The van der Waals surface area contributed by atoms with Crippen molar-refractivity contribution in [2.24, 2.45) is 0 Å². The van der Waals surface area contributed by atoms with Crippen LogP contribution in [0.5, 0.6) is 0 Å². The summed E-state index contributed by atoms with van der Waals surface area (Å²) in [5.41, 5.74) is -1.19. The second kappa shape index (κ2) is 7.66. The van der Waals surface area contributed by atoms with Crippen molar-refractivity contribution in [2.45, 2.75) is 77.1 Å². The van der Waals surface area contributed by atoms with E-state index >= 15 is 0 Å². The highest BCUT2D eigenvalue weighted by Gasteiger charge is 2.43. The van der Waals surface area contributed by atoms with Crippen LogP contribution in [0.25, 0.3) is 0 Å². The third-order valence-corrected chi connectivity index (χ3v) is 12.2. The normalized spacial score (nSPS) is 18.1. The molecule has 0 saturated carbocycles. The fourth-order valence-corrected chi connectivity index (χ4v) is 10.9. The Hall–Kier alpha value is 0.491. The van der Waals surface area contributed by atoms with Crippen LogP contribution < -0.4 is 0 Å². The van der Waals surface area contributed by atoms with Gasteiger partial charge in [0, 0.05) is 5.54 Å². The molecule has 0 fully saturated rings. The largest absolute Gasteiger partial charge is 0.439 e. The van der Waals surface area contributed by atoms with E-state index in [2.05, 4.69) is 46.2 Å². The first-order valence-corrected chi connectivity index (χ1v) is 15.9. The second-order valence-corrected chi connectivity index (χ2v) is 19.6. The molecule has 0 heterocycles. The number of aliphatic hydroxyl groups excluding tert-OH is 1. The highest BCUT2D eigenvalue weighted by Crippen LogP contribution is 2.34. The van der Waals surface area contributed by atoms with Gasteiger partial charge in [-0.05, 0) is 52.6 Å². The highest BCUT2D eigenvalue weighted by molar-refractivity contribution is 6.81. The number of hydrogen-bond donors (Lipinski definition) is 2. The zero-order valence-corrected chi connectivity index (χ0v) is 17.6. The molecule has 0 saturated heterocycles. The maximum atomic E-state index is 10.5. The number of aliphatic hydroxyl groups is 2. The number of hydrogen-bond acceptors (Lipinski definition) is 4. The van der Waals surface area contributed by atoms with E-state index in [1.54, 1.807) is 6.92 Å². The topological polar surface area (TPSA) is 58.9 Å². The van der Waals surface area contributed by atoms with Crippen molar-refractivity contribution >= 4 is 25.9 Å². The molecule has 0 spiro atoms. The molecule has 0 bridgehead atoms. The van der Waals surface area contributed by atoms with E-state index < -0.39 is 31.5 Å². The second-order valence-electron chi connectivity index (χ2n) is 7.74. The van der Waals surface area contributed by atoms with Crippen LogP contribution in [0.15, 0.2) is 0 Å². The van der Waals surface area contributed by atoms with E-state index in [1.807, 2.05) is 0 Å². The fourth-order valence-electron chi connectivity index (χ4n) is 2.05. The Balaban J connectivity index is 5.30. The predicted molar refractivity (Wildman–Crippen MR) is 92.4 cm³/mol.